The van der Waals surface area contributed by atoms with Gasteiger partial charge in [-0.25, -0.2) is 0 Å². The molecule has 0 amide bonds. The maximum atomic E-state index is 5.74. The normalized spacial score (nSPS) is 11.2. The van der Waals surface area contributed by atoms with Crippen LogP contribution in [0, 0.1) is 13.8 Å². The lowest BCUT2D eigenvalue weighted by Gasteiger charge is -2.23. The van der Waals surface area contributed by atoms with Gasteiger partial charge in [-0.05, 0) is 54.3 Å². The monoisotopic (exact) mass is 408 g/mol. The zero-order valence-electron chi connectivity index (χ0n) is 19.0. The van der Waals surface area contributed by atoms with E-state index in [-0.39, 0.29) is 5.92 Å². The molecule has 0 spiro atoms. The van der Waals surface area contributed by atoms with E-state index in [0.29, 0.717) is 0 Å². The molecule has 0 aliphatic heterocycles. The van der Waals surface area contributed by atoms with Gasteiger partial charge in [-0.2, -0.15) is 0 Å². The molecule has 30 heavy (non-hydrogen) atoms. The standard InChI is InChI=1S/C24H26O3.C2H6O/c1-16-11-12-19(14-21(16)25-3)24(18-9-7-6-8-10-18)20-15-22(26-4)17(2)13-23(20)27-5;1-3-2/h6-15,24H,1-5H3;1-2H3. The first kappa shape index (κ1) is 23.3. The van der Waals surface area contributed by atoms with Gasteiger partial charge in [-0.1, -0.05) is 42.5 Å². The minimum Gasteiger partial charge on any atom is -0.496 e. The average molecular weight is 409 g/mol. The Morgan fingerprint density at radius 1 is 0.567 bits per heavy atom. The summed E-state index contributed by atoms with van der Waals surface area (Å²) in [5.41, 5.74) is 5.56. The third kappa shape index (κ3) is 5.33. The van der Waals surface area contributed by atoms with E-state index in [9.17, 15) is 0 Å². The fraction of sp³-hybridized carbons (Fsp3) is 0.308. The van der Waals surface area contributed by atoms with Crippen LogP contribution in [-0.2, 0) is 4.74 Å². The quantitative estimate of drug-likeness (QED) is 0.485. The van der Waals surface area contributed by atoms with Crippen molar-refractivity contribution in [1.29, 1.82) is 0 Å². The summed E-state index contributed by atoms with van der Waals surface area (Å²) in [6, 6.07) is 20.9. The highest BCUT2D eigenvalue weighted by Crippen LogP contribution is 2.41. The first-order chi connectivity index (χ1) is 14.5. The molecule has 1 atom stereocenters. The van der Waals surface area contributed by atoms with Gasteiger partial charge in [0.25, 0.3) is 0 Å². The lowest BCUT2D eigenvalue weighted by molar-refractivity contribution is 0.277. The number of ether oxygens (including phenoxy) is 4. The minimum absolute atomic E-state index is 0.00477. The molecule has 3 aromatic rings. The highest BCUT2D eigenvalue weighted by molar-refractivity contribution is 5.55. The predicted octanol–water partition coefficient (Wildman–Crippen LogP) is 5.77. The lowest BCUT2D eigenvalue weighted by atomic mass is 9.83. The van der Waals surface area contributed by atoms with Crippen LogP contribution in [0.25, 0.3) is 0 Å². The Kier molecular flexibility index (Phi) is 8.75. The van der Waals surface area contributed by atoms with E-state index in [1.807, 2.05) is 19.1 Å². The molecule has 1 unspecified atom stereocenters. The van der Waals surface area contributed by atoms with Gasteiger partial charge < -0.3 is 18.9 Å². The fourth-order valence-corrected chi connectivity index (χ4v) is 3.51. The molecule has 3 rings (SSSR count). The molecule has 0 radical (unpaired) electrons. The maximum absolute atomic E-state index is 5.74. The predicted molar refractivity (Wildman–Crippen MR) is 122 cm³/mol. The molecule has 160 valence electrons. The summed E-state index contributed by atoms with van der Waals surface area (Å²) < 4.78 is 21.2. The third-order valence-corrected chi connectivity index (χ3v) is 4.96. The Balaban J connectivity index is 0.00000101. The number of benzene rings is 3. The van der Waals surface area contributed by atoms with E-state index in [1.165, 1.54) is 5.56 Å². The Labute approximate surface area is 180 Å². The maximum Gasteiger partial charge on any atom is 0.123 e. The second-order valence-electron chi connectivity index (χ2n) is 7.04. The number of aryl methyl sites for hydroxylation is 2. The molecule has 0 aromatic heterocycles. The van der Waals surface area contributed by atoms with Gasteiger partial charge in [0.15, 0.2) is 0 Å². The van der Waals surface area contributed by atoms with Crippen LogP contribution in [0.3, 0.4) is 0 Å². The first-order valence-corrected chi connectivity index (χ1v) is 9.82. The Hall–Kier alpha value is -2.98. The largest absolute Gasteiger partial charge is 0.496 e. The highest BCUT2D eigenvalue weighted by Gasteiger charge is 2.23. The van der Waals surface area contributed by atoms with Crippen molar-refractivity contribution in [2.24, 2.45) is 0 Å². The van der Waals surface area contributed by atoms with Crippen LogP contribution in [0.1, 0.15) is 33.7 Å². The molecule has 0 saturated carbocycles. The number of hydrogen-bond acceptors (Lipinski definition) is 4. The minimum atomic E-state index is 0.00477. The average Bonchev–Trinajstić information content (AvgIpc) is 2.77. The van der Waals surface area contributed by atoms with Gasteiger partial charge in [0.2, 0.25) is 0 Å². The molecular weight excluding hydrogens is 376 g/mol. The first-order valence-electron chi connectivity index (χ1n) is 9.82. The Morgan fingerprint density at radius 3 is 1.70 bits per heavy atom. The van der Waals surface area contributed by atoms with Crippen molar-refractivity contribution in [1.82, 2.24) is 0 Å². The summed E-state index contributed by atoms with van der Waals surface area (Å²) in [6.07, 6.45) is 0. The van der Waals surface area contributed by atoms with Crippen molar-refractivity contribution in [3.8, 4) is 17.2 Å². The Morgan fingerprint density at radius 2 is 1.13 bits per heavy atom. The SMILES string of the molecule is COC.COc1cc(C(c2ccccc2)c2cc(OC)c(C)cc2OC)ccc1C. The molecule has 0 aliphatic rings. The molecule has 4 heteroatoms. The zero-order chi connectivity index (χ0) is 22.1. The summed E-state index contributed by atoms with van der Waals surface area (Å²) in [7, 11) is 8.37. The van der Waals surface area contributed by atoms with Crippen molar-refractivity contribution in [2.75, 3.05) is 35.5 Å². The molecule has 0 bridgehead atoms. The van der Waals surface area contributed by atoms with Crippen LogP contribution in [-0.4, -0.2) is 35.5 Å². The molecule has 3 aromatic carbocycles. The van der Waals surface area contributed by atoms with Gasteiger partial charge in [0.05, 0.1) is 21.3 Å². The molecule has 0 saturated heterocycles. The zero-order valence-corrected chi connectivity index (χ0v) is 19.0. The van der Waals surface area contributed by atoms with Gasteiger partial charge in [-0.15, -0.1) is 0 Å². The van der Waals surface area contributed by atoms with Gasteiger partial charge in [0.1, 0.15) is 17.2 Å². The number of rotatable bonds is 6. The third-order valence-electron chi connectivity index (χ3n) is 4.96. The van der Waals surface area contributed by atoms with E-state index in [0.717, 1.165) is 39.5 Å². The van der Waals surface area contributed by atoms with Gasteiger partial charge in [0, 0.05) is 25.7 Å². The van der Waals surface area contributed by atoms with Crippen molar-refractivity contribution in [3.63, 3.8) is 0 Å². The summed E-state index contributed by atoms with van der Waals surface area (Å²) in [5.74, 6) is 2.59. The van der Waals surface area contributed by atoms with Crippen molar-refractivity contribution < 1.29 is 18.9 Å². The van der Waals surface area contributed by atoms with Crippen LogP contribution < -0.4 is 14.2 Å². The van der Waals surface area contributed by atoms with Gasteiger partial charge in [-0.3, -0.25) is 0 Å². The summed E-state index contributed by atoms with van der Waals surface area (Å²) >= 11 is 0. The summed E-state index contributed by atoms with van der Waals surface area (Å²) in [6.45, 7) is 4.08. The molecule has 0 heterocycles. The van der Waals surface area contributed by atoms with Crippen LogP contribution in [0.2, 0.25) is 0 Å². The second kappa shape index (κ2) is 11.3. The van der Waals surface area contributed by atoms with E-state index >= 15 is 0 Å². The Bertz CT molecular complexity index is 935. The number of methoxy groups -OCH3 is 4. The van der Waals surface area contributed by atoms with E-state index in [1.54, 1.807) is 35.5 Å². The molecule has 4 nitrogen and oxygen atoms in total. The van der Waals surface area contributed by atoms with E-state index in [4.69, 9.17) is 14.2 Å². The van der Waals surface area contributed by atoms with Crippen LogP contribution in [0.5, 0.6) is 17.2 Å². The van der Waals surface area contributed by atoms with E-state index in [2.05, 4.69) is 60.2 Å². The highest BCUT2D eigenvalue weighted by atomic mass is 16.5. The van der Waals surface area contributed by atoms with Crippen LogP contribution in [0.4, 0.5) is 0 Å². The lowest BCUT2D eigenvalue weighted by Crippen LogP contribution is -2.07. The number of hydrogen-bond donors (Lipinski definition) is 0. The fourth-order valence-electron chi connectivity index (χ4n) is 3.51. The van der Waals surface area contributed by atoms with Crippen molar-refractivity contribution in [3.05, 3.63) is 88.5 Å². The molecular formula is C26H32O4. The summed E-state index contributed by atoms with van der Waals surface area (Å²) in [4.78, 5) is 0. The smallest absolute Gasteiger partial charge is 0.123 e. The van der Waals surface area contributed by atoms with Gasteiger partial charge >= 0.3 is 0 Å². The van der Waals surface area contributed by atoms with Crippen molar-refractivity contribution >= 4 is 0 Å². The topological polar surface area (TPSA) is 36.9 Å². The molecule has 0 fully saturated rings. The van der Waals surface area contributed by atoms with Crippen molar-refractivity contribution in [2.45, 2.75) is 19.8 Å². The van der Waals surface area contributed by atoms with Crippen LogP contribution >= 0.6 is 0 Å². The summed E-state index contributed by atoms with van der Waals surface area (Å²) in [5, 5.41) is 0. The van der Waals surface area contributed by atoms with Crippen LogP contribution in [0.15, 0.2) is 60.7 Å². The molecule has 0 N–H and O–H groups in total. The molecule has 0 aliphatic carbocycles. The van der Waals surface area contributed by atoms with E-state index < -0.39 is 0 Å². The second-order valence-corrected chi connectivity index (χ2v) is 7.04.